The minimum absolute atomic E-state index is 1.04. The van der Waals surface area contributed by atoms with E-state index in [-0.39, 0.29) is 0 Å². The smallest absolute Gasteiger partial charge is 0.0477 e. The number of nitrogens with zero attached hydrogens (tertiary/aromatic N) is 1. The molecule has 1 N–H and O–H groups in total. The Morgan fingerprint density at radius 1 is 1.08 bits per heavy atom. The summed E-state index contributed by atoms with van der Waals surface area (Å²) < 4.78 is 0. The fourth-order valence-corrected chi connectivity index (χ4v) is 1.23. The first-order valence-corrected chi connectivity index (χ1v) is 5.20. The Morgan fingerprint density at radius 3 is 2.42 bits per heavy atom. The Kier molecular flexibility index (Phi) is 8.95. The van der Waals surface area contributed by atoms with Crippen molar-refractivity contribution < 1.29 is 0 Å². The van der Waals surface area contributed by atoms with Crippen LogP contribution in [0, 0.1) is 0 Å². The third-order valence-corrected chi connectivity index (χ3v) is 1.94. The molecule has 0 radical (unpaired) electrons. The van der Waals surface area contributed by atoms with E-state index in [1.807, 2.05) is 0 Å². The molecule has 0 bridgehead atoms. The quantitative estimate of drug-likeness (QED) is 0.445. The number of nitrogens with one attached hydrogen (secondary N) is 1. The minimum atomic E-state index is 1.04. The van der Waals surface area contributed by atoms with Crippen LogP contribution in [0.1, 0.15) is 39.5 Å². The first kappa shape index (κ1) is 11.9. The number of hydrogen-bond acceptors (Lipinski definition) is 2. The molecule has 2 nitrogen and oxygen atoms in total. The molecular weight excluding hydrogens is 148 g/mol. The summed E-state index contributed by atoms with van der Waals surface area (Å²) in [6, 6.07) is 0. The van der Waals surface area contributed by atoms with Gasteiger partial charge in [-0.25, -0.2) is 0 Å². The van der Waals surface area contributed by atoms with Gasteiger partial charge in [0.05, 0.1) is 0 Å². The van der Waals surface area contributed by atoms with Crippen LogP contribution in [0.2, 0.25) is 0 Å². The molecule has 0 atom stereocenters. The normalized spacial score (nSPS) is 11.0. The SMILES string of the molecule is CCCCCNCN(C)CCC. The average molecular weight is 172 g/mol. The lowest BCUT2D eigenvalue weighted by molar-refractivity contribution is 0.306. The molecule has 0 aliphatic rings. The van der Waals surface area contributed by atoms with Crippen molar-refractivity contribution in [1.82, 2.24) is 10.2 Å². The van der Waals surface area contributed by atoms with Crippen LogP contribution < -0.4 is 5.32 Å². The number of unbranched alkanes of at least 4 members (excludes halogenated alkanes) is 2. The van der Waals surface area contributed by atoms with E-state index in [1.54, 1.807) is 0 Å². The summed E-state index contributed by atoms with van der Waals surface area (Å²) in [5.41, 5.74) is 0. The lowest BCUT2D eigenvalue weighted by Crippen LogP contribution is -2.32. The zero-order valence-electron chi connectivity index (χ0n) is 8.90. The number of hydrogen-bond donors (Lipinski definition) is 1. The van der Waals surface area contributed by atoms with Crippen molar-refractivity contribution in [1.29, 1.82) is 0 Å². The molecule has 74 valence electrons. The Labute approximate surface area is 77.3 Å². The third kappa shape index (κ3) is 8.02. The third-order valence-electron chi connectivity index (χ3n) is 1.94. The fourth-order valence-electron chi connectivity index (χ4n) is 1.23. The van der Waals surface area contributed by atoms with Gasteiger partial charge in [-0.1, -0.05) is 26.7 Å². The molecular formula is C10H24N2. The van der Waals surface area contributed by atoms with Gasteiger partial charge in [0.2, 0.25) is 0 Å². The fraction of sp³-hybridized carbons (Fsp3) is 1.00. The van der Waals surface area contributed by atoms with E-state index in [0.717, 1.165) is 6.67 Å². The molecule has 0 amide bonds. The van der Waals surface area contributed by atoms with Crippen molar-refractivity contribution in [3.05, 3.63) is 0 Å². The molecule has 0 aliphatic heterocycles. The van der Waals surface area contributed by atoms with Crippen molar-refractivity contribution >= 4 is 0 Å². The van der Waals surface area contributed by atoms with E-state index in [1.165, 1.54) is 38.8 Å². The van der Waals surface area contributed by atoms with E-state index in [9.17, 15) is 0 Å². The molecule has 0 fully saturated rings. The molecule has 0 spiro atoms. The zero-order chi connectivity index (χ0) is 9.23. The van der Waals surface area contributed by atoms with Gasteiger partial charge >= 0.3 is 0 Å². The van der Waals surface area contributed by atoms with Crippen molar-refractivity contribution in [2.75, 3.05) is 26.8 Å². The maximum Gasteiger partial charge on any atom is 0.0477 e. The van der Waals surface area contributed by atoms with Gasteiger partial charge in [-0.05, 0) is 33.0 Å². The molecule has 0 aliphatic carbocycles. The van der Waals surface area contributed by atoms with E-state index < -0.39 is 0 Å². The van der Waals surface area contributed by atoms with Crippen LogP contribution in [0.15, 0.2) is 0 Å². The van der Waals surface area contributed by atoms with E-state index in [2.05, 4.69) is 31.1 Å². The Morgan fingerprint density at radius 2 is 1.83 bits per heavy atom. The second-order valence-electron chi connectivity index (χ2n) is 3.44. The van der Waals surface area contributed by atoms with Crippen LogP contribution >= 0.6 is 0 Å². The van der Waals surface area contributed by atoms with Gasteiger partial charge in [0, 0.05) is 6.67 Å². The maximum atomic E-state index is 3.43. The maximum absolute atomic E-state index is 3.43. The topological polar surface area (TPSA) is 15.3 Å². The zero-order valence-corrected chi connectivity index (χ0v) is 8.90. The van der Waals surface area contributed by atoms with Crippen LogP contribution in [-0.4, -0.2) is 31.7 Å². The Bertz CT molecular complexity index is 83.9. The average Bonchev–Trinajstić information content (AvgIpc) is 2.05. The second kappa shape index (κ2) is 9.01. The van der Waals surface area contributed by atoms with Gasteiger partial charge in [0.25, 0.3) is 0 Å². The molecule has 0 aromatic heterocycles. The minimum Gasteiger partial charge on any atom is -0.304 e. The largest absolute Gasteiger partial charge is 0.304 e. The predicted molar refractivity (Wildman–Crippen MR) is 55.3 cm³/mol. The molecule has 0 heterocycles. The van der Waals surface area contributed by atoms with E-state index in [4.69, 9.17) is 0 Å². The van der Waals surface area contributed by atoms with Crippen LogP contribution in [0.25, 0.3) is 0 Å². The molecule has 0 rings (SSSR count). The molecule has 12 heavy (non-hydrogen) atoms. The molecule has 0 aromatic carbocycles. The summed E-state index contributed by atoms with van der Waals surface area (Å²) in [4.78, 5) is 2.33. The summed E-state index contributed by atoms with van der Waals surface area (Å²) in [7, 11) is 2.16. The van der Waals surface area contributed by atoms with Crippen molar-refractivity contribution in [3.8, 4) is 0 Å². The monoisotopic (exact) mass is 172 g/mol. The summed E-state index contributed by atoms with van der Waals surface area (Å²) in [5.74, 6) is 0. The van der Waals surface area contributed by atoms with Gasteiger partial charge < -0.3 is 5.32 Å². The van der Waals surface area contributed by atoms with Gasteiger partial charge in [-0.2, -0.15) is 0 Å². The summed E-state index contributed by atoms with van der Waals surface area (Å²) in [5, 5.41) is 3.43. The van der Waals surface area contributed by atoms with Crippen molar-refractivity contribution in [2.45, 2.75) is 39.5 Å². The highest BCUT2D eigenvalue weighted by Crippen LogP contribution is 1.91. The highest BCUT2D eigenvalue weighted by molar-refractivity contribution is 4.49. The molecule has 0 saturated carbocycles. The lowest BCUT2D eigenvalue weighted by atomic mass is 10.2. The van der Waals surface area contributed by atoms with Crippen molar-refractivity contribution in [2.24, 2.45) is 0 Å². The molecule has 0 unspecified atom stereocenters. The van der Waals surface area contributed by atoms with Crippen LogP contribution in [0.5, 0.6) is 0 Å². The molecule has 0 aromatic rings. The summed E-state index contributed by atoms with van der Waals surface area (Å²) in [6.45, 7) is 7.86. The van der Waals surface area contributed by atoms with Gasteiger partial charge in [0.1, 0.15) is 0 Å². The highest BCUT2D eigenvalue weighted by Gasteiger charge is 1.93. The Balaban J connectivity index is 2.97. The molecule has 0 saturated heterocycles. The lowest BCUT2D eigenvalue weighted by Gasteiger charge is -2.15. The Hall–Kier alpha value is -0.0800. The second-order valence-corrected chi connectivity index (χ2v) is 3.44. The first-order valence-electron chi connectivity index (χ1n) is 5.20. The predicted octanol–water partition coefficient (Wildman–Crippen LogP) is 2.07. The van der Waals surface area contributed by atoms with Gasteiger partial charge in [-0.15, -0.1) is 0 Å². The van der Waals surface area contributed by atoms with Crippen LogP contribution in [0.4, 0.5) is 0 Å². The van der Waals surface area contributed by atoms with E-state index >= 15 is 0 Å². The van der Waals surface area contributed by atoms with Crippen LogP contribution in [0.3, 0.4) is 0 Å². The number of rotatable bonds is 8. The first-order chi connectivity index (χ1) is 5.81. The summed E-state index contributed by atoms with van der Waals surface area (Å²) >= 11 is 0. The standard InChI is InChI=1S/C10H24N2/c1-4-6-7-8-11-10-12(3)9-5-2/h11H,4-10H2,1-3H3. The van der Waals surface area contributed by atoms with Gasteiger partial charge in [-0.3, -0.25) is 4.90 Å². The molecule has 2 heteroatoms. The highest BCUT2D eigenvalue weighted by atomic mass is 15.2. The van der Waals surface area contributed by atoms with E-state index in [0.29, 0.717) is 0 Å². The van der Waals surface area contributed by atoms with Gasteiger partial charge in [0.15, 0.2) is 0 Å². The van der Waals surface area contributed by atoms with Crippen molar-refractivity contribution in [3.63, 3.8) is 0 Å². The van der Waals surface area contributed by atoms with Crippen LogP contribution in [-0.2, 0) is 0 Å². The summed E-state index contributed by atoms with van der Waals surface area (Å²) in [6.07, 6.45) is 5.22.